The van der Waals surface area contributed by atoms with E-state index in [0.717, 1.165) is 55.7 Å². The van der Waals surface area contributed by atoms with Crippen LogP contribution < -0.4 is 0 Å². The van der Waals surface area contributed by atoms with Gasteiger partial charge in [0.2, 0.25) is 0 Å². The molecule has 0 spiro atoms. The molecule has 0 N–H and O–H groups in total. The number of fused-ring (bicyclic) bond motifs is 6. The van der Waals surface area contributed by atoms with Crippen LogP contribution in [0, 0.1) is 45.3 Å². The zero-order valence-electron chi connectivity index (χ0n) is 27.3. The van der Waals surface area contributed by atoms with Gasteiger partial charge in [-0.05, 0) is 83.9 Å². The lowest BCUT2D eigenvalue weighted by Gasteiger charge is -2.24. The van der Waals surface area contributed by atoms with Crippen LogP contribution in [0.1, 0.15) is 22.3 Å². The average molecular weight is 663 g/mol. The summed E-state index contributed by atoms with van der Waals surface area (Å²) >= 11 is 0. The van der Waals surface area contributed by atoms with Gasteiger partial charge in [-0.2, -0.15) is 21.0 Å². The Morgan fingerprint density at radius 2 is 0.654 bits per heavy atom. The van der Waals surface area contributed by atoms with E-state index in [4.69, 9.17) is 0 Å². The number of aromatic nitrogens is 4. The predicted octanol–water partition coefficient (Wildman–Crippen LogP) is 9.49. The van der Waals surface area contributed by atoms with Gasteiger partial charge in [0.05, 0.1) is 80.0 Å². The second kappa shape index (κ2) is 11.8. The molecule has 0 aliphatic carbocycles. The van der Waals surface area contributed by atoms with E-state index in [0.29, 0.717) is 43.8 Å². The van der Waals surface area contributed by atoms with E-state index < -0.39 is 0 Å². The lowest BCUT2D eigenvalue weighted by molar-refractivity contribution is 1.10. The number of nitrogens with zero attached hydrogens (tertiary/aromatic N) is 8. The van der Waals surface area contributed by atoms with Gasteiger partial charge in [0.25, 0.3) is 0 Å². The van der Waals surface area contributed by atoms with Crippen molar-refractivity contribution in [2.24, 2.45) is 0 Å². The zero-order chi connectivity index (χ0) is 35.3. The van der Waals surface area contributed by atoms with Crippen LogP contribution in [-0.2, 0) is 0 Å². The average Bonchev–Trinajstić information content (AvgIpc) is 3.74. The van der Waals surface area contributed by atoms with Gasteiger partial charge in [-0.1, -0.05) is 36.4 Å². The zero-order valence-corrected chi connectivity index (χ0v) is 27.3. The normalized spacial score (nSPS) is 11.0. The molecule has 8 nitrogen and oxygen atoms in total. The maximum atomic E-state index is 10.4. The second-order valence-corrected chi connectivity index (χ2v) is 12.2. The molecule has 0 aliphatic rings. The van der Waals surface area contributed by atoms with Crippen LogP contribution in [0.3, 0.4) is 0 Å². The first-order valence-corrected chi connectivity index (χ1v) is 16.4. The van der Waals surface area contributed by atoms with E-state index in [-0.39, 0.29) is 0 Å². The first-order chi connectivity index (χ1) is 25.7. The van der Waals surface area contributed by atoms with Crippen molar-refractivity contribution in [2.75, 3.05) is 0 Å². The summed E-state index contributed by atoms with van der Waals surface area (Å²) in [5.41, 5.74) is 9.86. The minimum atomic E-state index is 0.454. The van der Waals surface area contributed by atoms with Crippen molar-refractivity contribution in [2.45, 2.75) is 0 Å². The van der Waals surface area contributed by atoms with Crippen LogP contribution in [0.2, 0.25) is 0 Å². The van der Waals surface area contributed by atoms with E-state index >= 15 is 0 Å². The summed E-state index contributed by atoms with van der Waals surface area (Å²) < 4.78 is 4.28. The Kier molecular flexibility index (Phi) is 6.84. The lowest BCUT2D eigenvalue weighted by atomic mass is 9.95. The molecule has 0 unspecified atom stereocenters. The van der Waals surface area contributed by atoms with Crippen LogP contribution >= 0.6 is 0 Å². The second-order valence-electron chi connectivity index (χ2n) is 12.2. The highest BCUT2D eigenvalue weighted by Gasteiger charge is 2.28. The van der Waals surface area contributed by atoms with E-state index in [1.807, 2.05) is 72.8 Å². The number of pyridine rings is 2. The third-order valence-corrected chi connectivity index (χ3v) is 9.70. The maximum Gasteiger partial charge on any atom is 0.0999 e. The molecular weight excluding hydrogens is 641 g/mol. The molecule has 0 radical (unpaired) electrons. The number of hydrogen-bond acceptors (Lipinski definition) is 6. The van der Waals surface area contributed by atoms with Crippen molar-refractivity contribution in [1.82, 2.24) is 19.1 Å². The topological polar surface area (TPSA) is 131 Å². The Morgan fingerprint density at radius 1 is 0.365 bits per heavy atom. The molecule has 0 atom stereocenters. The van der Waals surface area contributed by atoms with Gasteiger partial charge < -0.3 is 9.13 Å². The van der Waals surface area contributed by atoms with Crippen molar-refractivity contribution in [1.29, 1.82) is 21.0 Å². The highest BCUT2D eigenvalue weighted by molar-refractivity contribution is 6.17. The lowest BCUT2D eigenvalue weighted by Crippen LogP contribution is -2.08. The van der Waals surface area contributed by atoms with Crippen LogP contribution in [0.4, 0.5) is 0 Å². The van der Waals surface area contributed by atoms with Crippen molar-refractivity contribution < 1.29 is 0 Å². The smallest absolute Gasteiger partial charge is 0.0999 e. The minimum Gasteiger partial charge on any atom is -0.306 e. The van der Waals surface area contributed by atoms with E-state index in [1.165, 1.54) is 0 Å². The van der Waals surface area contributed by atoms with E-state index in [2.05, 4.69) is 55.5 Å². The molecule has 0 bridgehead atoms. The number of hydrogen-bond donors (Lipinski definition) is 0. The quantitative estimate of drug-likeness (QED) is 0.184. The summed E-state index contributed by atoms with van der Waals surface area (Å²) in [7, 11) is 0. The van der Waals surface area contributed by atoms with Crippen LogP contribution in [0.5, 0.6) is 0 Å². The Balaban J connectivity index is 1.62. The summed E-state index contributed by atoms with van der Waals surface area (Å²) in [4.78, 5) is 8.63. The van der Waals surface area contributed by atoms with Gasteiger partial charge in [-0.3, -0.25) is 9.97 Å². The fraction of sp³-hybridized carbons (Fsp3) is 0. The van der Waals surface area contributed by atoms with Gasteiger partial charge >= 0.3 is 0 Å². The molecule has 4 heterocycles. The summed E-state index contributed by atoms with van der Waals surface area (Å²) in [6, 6.07) is 43.9. The van der Waals surface area contributed by atoms with Gasteiger partial charge in [0.15, 0.2) is 0 Å². The van der Waals surface area contributed by atoms with Crippen molar-refractivity contribution in [3.8, 4) is 57.9 Å². The molecule has 8 heteroatoms. The van der Waals surface area contributed by atoms with Crippen molar-refractivity contribution in [3.63, 3.8) is 0 Å². The molecule has 0 fully saturated rings. The first-order valence-electron chi connectivity index (χ1n) is 16.4. The number of rotatable bonds is 4. The fourth-order valence-electron chi connectivity index (χ4n) is 7.63. The molecule has 5 aromatic carbocycles. The van der Waals surface area contributed by atoms with Gasteiger partial charge in [-0.25, -0.2) is 0 Å². The molecule has 52 heavy (non-hydrogen) atoms. The molecule has 0 aliphatic heterocycles. The number of nitriles is 4. The van der Waals surface area contributed by atoms with Crippen LogP contribution in [0.15, 0.2) is 134 Å². The SMILES string of the molecule is N#Cc1cccc2c1c1c(C#N)cccc1n2-c1c(-c2ccncc2)ccc(-c2ccncc2)c1-n1c2cccc(C#N)c2c2c(C#N)cccc21. The van der Waals surface area contributed by atoms with E-state index in [1.54, 1.807) is 49.1 Å². The monoisotopic (exact) mass is 662 g/mol. The molecule has 4 aromatic heterocycles. The molecule has 0 saturated heterocycles. The largest absolute Gasteiger partial charge is 0.306 e. The summed E-state index contributed by atoms with van der Waals surface area (Å²) in [5, 5.41) is 44.3. The molecule has 0 saturated carbocycles. The van der Waals surface area contributed by atoms with Gasteiger partial charge in [0, 0.05) is 57.5 Å². The molecular formula is C44H22N8. The summed E-state index contributed by atoms with van der Waals surface area (Å²) in [6.07, 6.45) is 7.01. The summed E-state index contributed by atoms with van der Waals surface area (Å²) in [5.74, 6) is 0. The summed E-state index contributed by atoms with van der Waals surface area (Å²) in [6.45, 7) is 0. The first kappa shape index (κ1) is 30.1. The van der Waals surface area contributed by atoms with Gasteiger partial charge in [-0.15, -0.1) is 0 Å². The standard InChI is InChI=1S/C44H22N8/c45-23-29-5-1-9-35-39(29)40-30(24-46)6-2-10-36(40)51(35)43-33(27-15-19-49-20-16-27)13-14-34(28-17-21-50-22-18-28)44(43)52-37-11-3-7-31(25-47)41(37)42-32(26-48)8-4-12-38(42)52/h1-22H. The Hall–Kier alpha value is -8.04. The highest BCUT2D eigenvalue weighted by Crippen LogP contribution is 2.47. The third-order valence-electron chi connectivity index (χ3n) is 9.70. The number of benzene rings is 5. The van der Waals surface area contributed by atoms with E-state index in [9.17, 15) is 21.0 Å². The van der Waals surface area contributed by atoms with Crippen molar-refractivity contribution >= 4 is 43.6 Å². The Bertz CT molecular complexity index is 2750. The Labute approximate surface area is 297 Å². The van der Waals surface area contributed by atoms with Crippen LogP contribution in [0.25, 0.3) is 77.2 Å². The predicted molar refractivity (Wildman–Crippen MR) is 200 cm³/mol. The highest BCUT2D eigenvalue weighted by atomic mass is 15.1. The molecule has 0 amide bonds. The molecule has 238 valence electrons. The van der Waals surface area contributed by atoms with Gasteiger partial charge in [0.1, 0.15) is 0 Å². The maximum absolute atomic E-state index is 10.4. The molecule has 9 aromatic rings. The van der Waals surface area contributed by atoms with Crippen molar-refractivity contribution in [3.05, 3.63) is 156 Å². The van der Waals surface area contributed by atoms with Crippen LogP contribution in [-0.4, -0.2) is 19.1 Å². The Morgan fingerprint density at radius 3 is 0.923 bits per heavy atom. The fourth-order valence-corrected chi connectivity index (χ4v) is 7.63. The minimum absolute atomic E-state index is 0.454. The molecule has 9 rings (SSSR count). The third kappa shape index (κ3) is 4.23.